The molecule has 0 radical (unpaired) electrons. The standard InChI is InChI=1S/C11H9Cl2NOS2/c12-7-1-2-10(9(13)3-7)15-5-11-14-4-8(6-16)17-11/h1-4,16H,5-6H2. The molecule has 1 aromatic heterocycles. The van der Waals surface area contributed by atoms with E-state index in [0.29, 0.717) is 28.2 Å². The SMILES string of the molecule is SCc1cnc(COc2ccc(Cl)cc2Cl)s1. The van der Waals surface area contributed by atoms with Crippen LogP contribution < -0.4 is 4.74 Å². The van der Waals surface area contributed by atoms with Gasteiger partial charge in [-0.2, -0.15) is 12.6 Å². The predicted molar refractivity (Wildman–Crippen MR) is 75.6 cm³/mol. The molecule has 17 heavy (non-hydrogen) atoms. The van der Waals surface area contributed by atoms with Gasteiger partial charge in [0.25, 0.3) is 0 Å². The van der Waals surface area contributed by atoms with Crippen molar-refractivity contribution in [1.29, 1.82) is 0 Å². The van der Waals surface area contributed by atoms with Crippen LogP contribution in [0.3, 0.4) is 0 Å². The molecule has 2 rings (SSSR count). The van der Waals surface area contributed by atoms with Crippen molar-refractivity contribution in [2.75, 3.05) is 0 Å². The molecule has 0 aliphatic carbocycles. The number of thiol groups is 1. The fourth-order valence-electron chi connectivity index (χ4n) is 1.22. The van der Waals surface area contributed by atoms with Gasteiger partial charge in [0.2, 0.25) is 0 Å². The molecule has 0 amide bonds. The Morgan fingerprint density at radius 1 is 1.35 bits per heavy atom. The van der Waals surface area contributed by atoms with Gasteiger partial charge in [0.1, 0.15) is 17.4 Å². The Bertz CT molecular complexity index is 516. The van der Waals surface area contributed by atoms with Crippen LogP contribution in [0.1, 0.15) is 9.88 Å². The highest BCUT2D eigenvalue weighted by Gasteiger charge is 2.05. The Kier molecular flexibility index (Phi) is 4.56. The Morgan fingerprint density at radius 3 is 2.82 bits per heavy atom. The van der Waals surface area contributed by atoms with Crippen molar-refractivity contribution in [3.8, 4) is 5.75 Å². The fraction of sp³-hybridized carbons (Fsp3) is 0.182. The molecule has 90 valence electrons. The number of ether oxygens (including phenoxy) is 1. The largest absolute Gasteiger partial charge is 0.485 e. The van der Waals surface area contributed by atoms with Crippen LogP contribution in [0.25, 0.3) is 0 Å². The summed E-state index contributed by atoms with van der Waals surface area (Å²) in [5.74, 6) is 1.30. The zero-order valence-corrected chi connectivity index (χ0v) is 11.9. The lowest BCUT2D eigenvalue weighted by atomic mass is 10.3. The van der Waals surface area contributed by atoms with Gasteiger partial charge >= 0.3 is 0 Å². The van der Waals surface area contributed by atoms with Crippen molar-refractivity contribution in [1.82, 2.24) is 4.98 Å². The topological polar surface area (TPSA) is 22.1 Å². The zero-order valence-electron chi connectivity index (χ0n) is 8.69. The van der Waals surface area contributed by atoms with Crippen molar-refractivity contribution in [2.24, 2.45) is 0 Å². The third-order valence-corrected chi connectivity index (χ3v) is 4.06. The number of halogens is 2. The van der Waals surface area contributed by atoms with E-state index < -0.39 is 0 Å². The molecule has 0 atom stereocenters. The Balaban J connectivity index is 2.02. The van der Waals surface area contributed by atoms with E-state index >= 15 is 0 Å². The second-order valence-electron chi connectivity index (χ2n) is 3.24. The first kappa shape index (κ1) is 13.0. The molecule has 0 N–H and O–H groups in total. The first-order chi connectivity index (χ1) is 8.19. The zero-order chi connectivity index (χ0) is 12.3. The second kappa shape index (κ2) is 5.96. The minimum absolute atomic E-state index is 0.403. The van der Waals surface area contributed by atoms with E-state index in [-0.39, 0.29) is 0 Å². The molecule has 0 fully saturated rings. The van der Waals surface area contributed by atoms with Gasteiger partial charge in [-0.05, 0) is 18.2 Å². The Labute approximate surface area is 119 Å². The van der Waals surface area contributed by atoms with Gasteiger partial charge in [-0.15, -0.1) is 11.3 Å². The molecule has 0 aliphatic rings. The molecule has 0 spiro atoms. The van der Waals surface area contributed by atoms with E-state index in [1.54, 1.807) is 35.7 Å². The maximum atomic E-state index is 5.99. The average molecular weight is 306 g/mol. The van der Waals surface area contributed by atoms with Gasteiger partial charge in [-0.25, -0.2) is 4.98 Å². The molecule has 2 nitrogen and oxygen atoms in total. The summed E-state index contributed by atoms with van der Waals surface area (Å²) in [7, 11) is 0. The summed E-state index contributed by atoms with van der Waals surface area (Å²) in [4.78, 5) is 5.34. The van der Waals surface area contributed by atoms with Gasteiger partial charge in [-0.1, -0.05) is 23.2 Å². The molecule has 0 bridgehead atoms. The summed E-state index contributed by atoms with van der Waals surface area (Å²) in [6.07, 6.45) is 1.81. The molecule has 6 heteroatoms. The van der Waals surface area contributed by atoms with E-state index in [9.17, 15) is 0 Å². The first-order valence-corrected chi connectivity index (χ1v) is 7.02. The van der Waals surface area contributed by atoms with Crippen molar-refractivity contribution in [3.63, 3.8) is 0 Å². The van der Waals surface area contributed by atoms with E-state index in [0.717, 1.165) is 9.88 Å². The van der Waals surface area contributed by atoms with Crippen LogP contribution in [0.2, 0.25) is 10.0 Å². The number of benzene rings is 1. The first-order valence-electron chi connectivity index (χ1n) is 4.81. The lowest BCUT2D eigenvalue weighted by molar-refractivity contribution is 0.306. The maximum absolute atomic E-state index is 5.99. The molecule has 0 saturated heterocycles. The van der Waals surface area contributed by atoms with Gasteiger partial charge in [-0.3, -0.25) is 0 Å². The van der Waals surface area contributed by atoms with Gasteiger partial charge < -0.3 is 4.74 Å². The smallest absolute Gasteiger partial charge is 0.140 e. The molecule has 0 saturated carbocycles. The van der Waals surface area contributed by atoms with E-state index in [1.807, 2.05) is 0 Å². The van der Waals surface area contributed by atoms with Crippen LogP contribution in [0.4, 0.5) is 0 Å². The third-order valence-electron chi connectivity index (χ3n) is 2.00. The molecule has 2 aromatic rings. The van der Waals surface area contributed by atoms with Crippen LogP contribution in [0.5, 0.6) is 5.75 Å². The number of nitrogens with zero attached hydrogens (tertiary/aromatic N) is 1. The molecule has 0 unspecified atom stereocenters. The van der Waals surface area contributed by atoms with Crippen LogP contribution in [0.15, 0.2) is 24.4 Å². The van der Waals surface area contributed by atoms with Crippen LogP contribution in [-0.4, -0.2) is 4.98 Å². The maximum Gasteiger partial charge on any atom is 0.140 e. The number of rotatable bonds is 4. The summed E-state index contributed by atoms with van der Waals surface area (Å²) in [6.45, 7) is 0.403. The minimum atomic E-state index is 0.403. The van der Waals surface area contributed by atoms with Crippen molar-refractivity contribution < 1.29 is 4.74 Å². The summed E-state index contributed by atoms with van der Waals surface area (Å²) in [5, 5.41) is 2.00. The van der Waals surface area contributed by atoms with Crippen molar-refractivity contribution in [2.45, 2.75) is 12.4 Å². The third kappa shape index (κ3) is 3.52. The normalized spacial score (nSPS) is 10.5. The van der Waals surface area contributed by atoms with E-state index in [4.69, 9.17) is 27.9 Å². The highest BCUT2D eigenvalue weighted by Crippen LogP contribution is 2.28. The molecule has 1 aromatic carbocycles. The minimum Gasteiger partial charge on any atom is -0.485 e. The van der Waals surface area contributed by atoms with Gasteiger partial charge in [0.05, 0.1) is 5.02 Å². The van der Waals surface area contributed by atoms with Crippen molar-refractivity contribution in [3.05, 3.63) is 44.3 Å². The number of hydrogen-bond donors (Lipinski definition) is 1. The summed E-state index contributed by atoms with van der Waals surface area (Å²) < 4.78 is 5.57. The molecule has 0 aliphatic heterocycles. The summed E-state index contributed by atoms with van der Waals surface area (Å²) in [6, 6.07) is 5.14. The van der Waals surface area contributed by atoms with E-state index in [1.165, 1.54) is 0 Å². The monoisotopic (exact) mass is 305 g/mol. The molecular weight excluding hydrogens is 297 g/mol. The molecular formula is C11H9Cl2NOS2. The van der Waals surface area contributed by atoms with Gasteiger partial charge in [0, 0.05) is 21.8 Å². The van der Waals surface area contributed by atoms with Crippen molar-refractivity contribution >= 4 is 47.2 Å². The number of thiazole rings is 1. The number of hydrogen-bond acceptors (Lipinski definition) is 4. The Morgan fingerprint density at radius 2 is 2.18 bits per heavy atom. The highest BCUT2D eigenvalue weighted by molar-refractivity contribution is 7.79. The fourth-order valence-corrected chi connectivity index (χ4v) is 2.65. The highest BCUT2D eigenvalue weighted by atomic mass is 35.5. The summed E-state index contributed by atoms with van der Waals surface area (Å²) in [5.41, 5.74) is 0. The quantitative estimate of drug-likeness (QED) is 0.843. The molecule has 1 heterocycles. The van der Waals surface area contributed by atoms with E-state index in [2.05, 4.69) is 17.6 Å². The second-order valence-corrected chi connectivity index (χ2v) is 5.60. The number of aromatic nitrogens is 1. The summed E-state index contributed by atoms with van der Waals surface area (Å²) >= 11 is 17.5. The van der Waals surface area contributed by atoms with Crippen LogP contribution >= 0.6 is 47.2 Å². The van der Waals surface area contributed by atoms with Crippen LogP contribution in [-0.2, 0) is 12.4 Å². The Hall–Kier alpha value is -0.420. The average Bonchev–Trinajstić information content (AvgIpc) is 2.76. The lowest BCUT2D eigenvalue weighted by Gasteiger charge is -2.06. The lowest BCUT2D eigenvalue weighted by Crippen LogP contribution is -1.94. The predicted octanol–water partition coefficient (Wildman–Crippen LogP) is 4.46. The van der Waals surface area contributed by atoms with Crippen LogP contribution in [0, 0.1) is 0 Å². The van der Waals surface area contributed by atoms with Gasteiger partial charge in [0.15, 0.2) is 0 Å².